The summed E-state index contributed by atoms with van der Waals surface area (Å²) < 4.78 is 4.99. The van der Waals surface area contributed by atoms with E-state index >= 15 is 0 Å². The largest absolute Gasteiger partial charge is 0.340 e. The third-order valence-electron chi connectivity index (χ3n) is 4.90. The highest BCUT2D eigenvalue weighted by Gasteiger charge is 2.28. The van der Waals surface area contributed by atoms with Gasteiger partial charge < -0.3 is 9.42 Å². The van der Waals surface area contributed by atoms with E-state index in [9.17, 15) is 9.59 Å². The topological polar surface area (TPSA) is 78.7 Å². The summed E-state index contributed by atoms with van der Waals surface area (Å²) in [5.41, 5.74) is 0.736. The van der Waals surface area contributed by atoms with Gasteiger partial charge in [-0.2, -0.15) is 0 Å². The molecule has 1 aromatic heterocycles. The van der Waals surface area contributed by atoms with Gasteiger partial charge in [0.05, 0.1) is 12.2 Å². The summed E-state index contributed by atoms with van der Waals surface area (Å²) in [5.74, 6) is 0.807. The van der Waals surface area contributed by atoms with Crippen LogP contribution in [0.3, 0.4) is 0 Å². The molecule has 2 heterocycles. The van der Waals surface area contributed by atoms with Crippen LogP contribution < -0.4 is 5.32 Å². The Morgan fingerprint density at radius 1 is 1.21 bits per heavy atom. The SMILES string of the molecule is Cc1cc(NC(=O)CN2CCN(C(=O)C3CCCCC3)CC2)on1. The maximum absolute atomic E-state index is 12.5. The Bertz CT molecular complexity index is 572. The third-order valence-corrected chi connectivity index (χ3v) is 4.90. The lowest BCUT2D eigenvalue weighted by atomic mass is 9.88. The van der Waals surface area contributed by atoms with Crippen LogP contribution in [0.1, 0.15) is 37.8 Å². The van der Waals surface area contributed by atoms with Crippen molar-refractivity contribution in [2.24, 2.45) is 5.92 Å². The first-order chi connectivity index (χ1) is 11.6. The molecular weight excluding hydrogens is 308 g/mol. The molecule has 2 aliphatic rings. The number of aromatic nitrogens is 1. The summed E-state index contributed by atoms with van der Waals surface area (Å²) in [6, 6.07) is 1.69. The molecule has 7 heteroatoms. The summed E-state index contributed by atoms with van der Waals surface area (Å²) >= 11 is 0. The van der Waals surface area contributed by atoms with Crippen molar-refractivity contribution >= 4 is 17.7 Å². The van der Waals surface area contributed by atoms with Crippen LogP contribution in [0, 0.1) is 12.8 Å². The molecule has 0 spiro atoms. The Hall–Kier alpha value is -1.89. The summed E-state index contributed by atoms with van der Waals surface area (Å²) in [6.45, 7) is 5.02. The van der Waals surface area contributed by atoms with Gasteiger partial charge in [0, 0.05) is 38.2 Å². The van der Waals surface area contributed by atoms with Crippen molar-refractivity contribution in [1.82, 2.24) is 15.0 Å². The Morgan fingerprint density at radius 2 is 1.92 bits per heavy atom. The number of anilines is 1. The van der Waals surface area contributed by atoms with Crippen molar-refractivity contribution in [2.45, 2.75) is 39.0 Å². The number of amides is 2. The zero-order valence-electron chi connectivity index (χ0n) is 14.3. The van der Waals surface area contributed by atoms with E-state index in [1.807, 2.05) is 11.8 Å². The molecule has 2 amide bonds. The molecule has 24 heavy (non-hydrogen) atoms. The van der Waals surface area contributed by atoms with Crippen LogP contribution in [0.2, 0.25) is 0 Å². The van der Waals surface area contributed by atoms with Crippen molar-refractivity contribution < 1.29 is 14.1 Å². The number of nitrogens with one attached hydrogen (secondary N) is 1. The molecule has 1 aromatic rings. The number of hydrogen-bond acceptors (Lipinski definition) is 5. The van der Waals surface area contributed by atoms with E-state index in [4.69, 9.17) is 4.52 Å². The molecule has 132 valence electrons. The highest BCUT2D eigenvalue weighted by molar-refractivity contribution is 5.91. The Morgan fingerprint density at radius 3 is 2.54 bits per heavy atom. The number of nitrogens with zero attached hydrogens (tertiary/aromatic N) is 3. The lowest BCUT2D eigenvalue weighted by molar-refractivity contribution is -0.138. The lowest BCUT2D eigenvalue weighted by Gasteiger charge is -2.36. The number of piperazine rings is 1. The molecule has 1 aliphatic heterocycles. The van der Waals surface area contributed by atoms with E-state index in [1.54, 1.807) is 6.07 Å². The summed E-state index contributed by atoms with van der Waals surface area (Å²) in [7, 11) is 0. The second kappa shape index (κ2) is 7.79. The van der Waals surface area contributed by atoms with Gasteiger partial charge in [0.1, 0.15) is 0 Å². The van der Waals surface area contributed by atoms with E-state index in [-0.39, 0.29) is 11.8 Å². The molecule has 0 unspecified atom stereocenters. The van der Waals surface area contributed by atoms with Crippen LogP contribution in [-0.4, -0.2) is 59.5 Å². The van der Waals surface area contributed by atoms with Crippen LogP contribution in [0.15, 0.2) is 10.6 Å². The molecule has 1 saturated heterocycles. The second-order valence-electron chi connectivity index (χ2n) is 6.82. The first-order valence-electron chi connectivity index (χ1n) is 8.86. The molecule has 0 aromatic carbocycles. The molecular formula is C17H26N4O3. The zero-order valence-corrected chi connectivity index (χ0v) is 14.3. The zero-order chi connectivity index (χ0) is 16.9. The average Bonchev–Trinajstić information content (AvgIpc) is 3.00. The fourth-order valence-electron chi connectivity index (χ4n) is 3.54. The molecule has 1 aliphatic carbocycles. The van der Waals surface area contributed by atoms with Gasteiger partial charge in [0.25, 0.3) is 0 Å². The number of carbonyl (C=O) groups excluding carboxylic acids is 2. The maximum atomic E-state index is 12.5. The molecule has 2 fully saturated rings. The van der Waals surface area contributed by atoms with Crippen molar-refractivity contribution in [3.05, 3.63) is 11.8 Å². The Labute approximate surface area is 142 Å². The molecule has 0 atom stereocenters. The van der Waals surface area contributed by atoms with Gasteiger partial charge in [-0.15, -0.1) is 0 Å². The minimum Gasteiger partial charge on any atom is -0.340 e. The first kappa shape index (κ1) is 17.0. The molecule has 7 nitrogen and oxygen atoms in total. The second-order valence-corrected chi connectivity index (χ2v) is 6.82. The Kier molecular flexibility index (Phi) is 5.50. The molecule has 0 bridgehead atoms. The normalized spacial score (nSPS) is 20.1. The lowest BCUT2D eigenvalue weighted by Crippen LogP contribution is -2.52. The van der Waals surface area contributed by atoms with Gasteiger partial charge in [-0.05, 0) is 19.8 Å². The van der Waals surface area contributed by atoms with Crippen LogP contribution in [0.4, 0.5) is 5.88 Å². The van der Waals surface area contributed by atoms with Crippen molar-refractivity contribution in [1.29, 1.82) is 0 Å². The summed E-state index contributed by atoms with van der Waals surface area (Å²) in [5, 5.41) is 6.45. The van der Waals surface area contributed by atoms with E-state index in [0.29, 0.717) is 31.4 Å². The van der Waals surface area contributed by atoms with Crippen molar-refractivity contribution in [3.63, 3.8) is 0 Å². The van der Waals surface area contributed by atoms with Crippen LogP contribution in [0.5, 0.6) is 0 Å². The molecule has 1 N–H and O–H groups in total. The van der Waals surface area contributed by atoms with Gasteiger partial charge in [0.15, 0.2) is 0 Å². The number of hydrogen-bond donors (Lipinski definition) is 1. The summed E-state index contributed by atoms with van der Waals surface area (Å²) in [4.78, 5) is 28.6. The quantitative estimate of drug-likeness (QED) is 0.906. The predicted molar refractivity (Wildman–Crippen MR) is 89.5 cm³/mol. The molecule has 3 rings (SSSR count). The van der Waals surface area contributed by atoms with Crippen molar-refractivity contribution in [2.75, 3.05) is 38.0 Å². The van der Waals surface area contributed by atoms with Crippen LogP contribution >= 0.6 is 0 Å². The minimum absolute atomic E-state index is 0.113. The van der Waals surface area contributed by atoms with E-state index in [1.165, 1.54) is 19.3 Å². The number of aryl methyl sites for hydroxylation is 1. The van der Waals surface area contributed by atoms with E-state index in [0.717, 1.165) is 31.6 Å². The van der Waals surface area contributed by atoms with Gasteiger partial charge >= 0.3 is 0 Å². The van der Waals surface area contributed by atoms with E-state index in [2.05, 4.69) is 15.4 Å². The van der Waals surface area contributed by atoms with Gasteiger partial charge in [-0.1, -0.05) is 24.4 Å². The fraction of sp³-hybridized carbons (Fsp3) is 0.706. The molecule has 0 radical (unpaired) electrons. The highest BCUT2D eigenvalue weighted by Crippen LogP contribution is 2.25. The van der Waals surface area contributed by atoms with Gasteiger partial charge in [-0.3, -0.25) is 19.8 Å². The molecule has 1 saturated carbocycles. The Balaban J connectivity index is 1.41. The standard InChI is InChI=1S/C17H26N4O3/c1-13-11-16(24-19-13)18-15(22)12-20-7-9-21(10-8-20)17(23)14-5-3-2-4-6-14/h11,14H,2-10,12H2,1H3,(H,18,22). The number of rotatable bonds is 4. The van der Waals surface area contributed by atoms with Crippen LogP contribution in [-0.2, 0) is 9.59 Å². The predicted octanol–water partition coefficient (Wildman–Crippen LogP) is 1.65. The first-order valence-corrected chi connectivity index (χ1v) is 8.86. The van der Waals surface area contributed by atoms with Gasteiger partial charge in [-0.25, -0.2) is 0 Å². The minimum atomic E-state index is -0.113. The third kappa shape index (κ3) is 4.35. The van der Waals surface area contributed by atoms with Gasteiger partial charge in [0.2, 0.25) is 17.7 Å². The highest BCUT2D eigenvalue weighted by atomic mass is 16.5. The monoisotopic (exact) mass is 334 g/mol. The maximum Gasteiger partial charge on any atom is 0.240 e. The van der Waals surface area contributed by atoms with Crippen LogP contribution in [0.25, 0.3) is 0 Å². The van der Waals surface area contributed by atoms with Crippen molar-refractivity contribution in [3.8, 4) is 0 Å². The summed E-state index contributed by atoms with van der Waals surface area (Å²) in [6.07, 6.45) is 5.70. The number of carbonyl (C=O) groups is 2. The van der Waals surface area contributed by atoms with E-state index < -0.39 is 0 Å². The smallest absolute Gasteiger partial charge is 0.240 e. The fourth-order valence-corrected chi connectivity index (χ4v) is 3.54. The average molecular weight is 334 g/mol.